The summed E-state index contributed by atoms with van der Waals surface area (Å²) in [6, 6.07) is 4.10. The molecule has 0 radical (unpaired) electrons. The fourth-order valence-corrected chi connectivity index (χ4v) is 1.35. The summed E-state index contributed by atoms with van der Waals surface area (Å²) < 4.78 is 5.01. The number of carbonyl (C=O) groups is 1. The third kappa shape index (κ3) is 3.11. The van der Waals surface area contributed by atoms with Crippen LogP contribution in [0.15, 0.2) is 18.2 Å². The van der Waals surface area contributed by atoms with Gasteiger partial charge in [0.25, 0.3) is 0 Å². The summed E-state index contributed by atoms with van der Waals surface area (Å²) in [6.45, 7) is 0. The first-order chi connectivity index (χ1) is 7.04. The van der Waals surface area contributed by atoms with Crippen molar-refractivity contribution in [1.29, 1.82) is 0 Å². The molecule has 1 aromatic carbocycles. The van der Waals surface area contributed by atoms with E-state index in [1.807, 2.05) is 0 Å². The minimum absolute atomic E-state index is 0.186. The molecule has 0 saturated carbocycles. The van der Waals surface area contributed by atoms with E-state index in [0.29, 0.717) is 16.3 Å². The molecule has 0 saturated heterocycles. The Hall–Kier alpha value is -1.26. The van der Waals surface area contributed by atoms with Gasteiger partial charge in [0.05, 0.1) is 7.11 Å². The fourth-order valence-electron chi connectivity index (χ4n) is 1.16. The highest BCUT2D eigenvalue weighted by Crippen LogP contribution is 2.22. The molecule has 0 heterocycles. The third-order valence-corrected chi connectivity index (χ3v) is 2.38. The van der Waals surface area contributed by atoms with Crippen LogP contribution in [0.2, 0.25) is 5.02 Å². The van der Waals surface area contributed by atoms with Gasteiger partial charge in [0, 0.05) is 5.02 Å². The topological polar surface area (TPSA) is 72.5 Å². The Morgan fingerprint density at radius 3 is 2.87 bits per heavy atom. The number of hydrogen-bond donors (Lipinski definition) is 2. The molecule has 0 aliphatic rings. The van der Waals surface area contributed by atoms with Gasteiger partial charge in [-0.2, -0.15) is 0 Å². The summed E-state index contributed by atoms with van der Waals surface area (Å²) in [6.07, 6.45) is 0.186. The predicted octanol–water partition coefficient (Wildman–Crippen LogP) is 1.30. The number of aliphatic carboxylic acids is 1. The number of rotatable bonds is 4. The lowest BCUT2D eigenvalue weighted by Crippen LogP contribution is -2.32. The normalized spacial score (nSPS) is 12.2. The summed E-state index contributed by atoms with van der Waals surface area (Å²) in [5, 5.41) is 9.15. The number of nitrogens with two attached hydrogens (primary N) is 1. The van der Waals surface area contributed by atoms with Crippen molar-refractivity contribution in [2.75, 3.05) is 7.11 Å². The maximum absolute atomic E-state index is 10.6. The molecule has 5 heteroatoms. The molecule has 0 amide bonds. The van der Waals surface area contributed by atoms with E-state index in [-0.39, 0.29) is 6.42 Å². The van der Waals surface area contributed by atoms with Gasteiger partial charge < -0.3 is 15.6 Å². The van der Waals surface area contributed by atoms with E-state index in [9.17, 15) is 4.79 Å². The minimum Gasteiger partial charge on any atom is -0.497 e. The van der Waals surface area contributed by atoms with Crippen molar-refractivity contribution in [3.05, 3.63) is 28.8 Å². The molecule has 0 bridgehead atoms. The van der Waals surface area contributed by atoms with E-state index < -0.39 is 12.0 Å². The first-order valence-electron chi connectivity index (χ1n) is 4.35. The minimum atomic E-state index is -1.05. The summed E-state index contributed by atoms with van der Waals surface area (Å²) >= 11 is 5.90. The molecular weight excluding hydrogens is 218 g/mol. The molecular formula is C10H12ClNO3. The summed E-state index contributed by atoms with van der Waals surface area (Å²) in [7, 11) is 1.53. The second kappa shape index (κ2) is 5.00. The smallest absolute Gasteiger partial charge is 0.320 e. The molecule has 1 unspecified atom stereocenters. The van der Waals surface area contributed by atoms with Gasteiger partial charge in [0.1, 0.15) is 11.8 Å². The van der Waals surface area contributed by atoms with Crippen molar-refractivity contribution in [3.8, 4) is 5.75 Å². The van der Waals surface area contributed by atoms with Gasteiger partial charge in [-0.1, -0.05) is 11.6 Å². The zero-order valence-corrected chi connectivity index (χ0v) is 8.99. The standard InChI is InChI=1S/C10H12ClNO3/c1-15-7-2-3-8(11)6(4-7)5-9(12)10(13)14/h2-4,9H,5,12H2,1H3,(H,13,14). The van der Waals surface area contributed by atoms with Gasteiger partial charge in [-0.15, -0.1) is 0 Å². The van der Waals surface area contributed by atoms with Crippen molar-refractivity contribution in [2.45, 2.75) is 12.5 Å². The Morgan fingerprint density at radius 1 is 1.67 bits per heavy atom. The van der Waals surface area contributed by atoms with Crippen molar-refractivity contribution in [2.24, 2.45) is 5.73 Å². The van der Waals surface area contributed by atoms with Gasteiger partial charge in [-0.05, 0) is 30.2 Å². The van der Waals surface area contributed by atoms with Crippen molar-refractivity contribution < 1.29 is 14.6 Å². The summed E-state index contributed by atoms with van der Waals surface area (Å²) in [5.41, 5.74) is 6.08. The molecule has 0 fully saturated rings. The van der Waals surface area contributed by atoms with Crippen LogP contribution in [-0.4, -0.2) is 24.2 Å². The van der Waals surface area contributed by atoms with Crippen LogP contribution in [0.5, 0.6) is 5.75 Å². The predicted molar refractivity (Wildman–Crippen MR) is 57.3 cm³/mol. The van der Waals surface area contributed by atoms with Gasteiger partial charge in [-0.25, -0.2) is 0 Å². The second-order valence-electron chi connectivity index (χ2n) is 3.11. The maximum atomic E-state index is 10.6. The SMILES string of the molecule is COc1ccc(Cl)c(CC(N)C(=O)O)c1. The molecule has 15 heavy (non-hydrogen) atoms. The third-order valence-electron chi connectivity index (χ3n) is 2.01. The highest BCUT2D eigenvalue weighted by Gasteiger charge is 2.14. The van der Waals surface area contributed by atoms with Crippen molar-refractivity contribution >= 4 is 17.6 Å². The lowest BCUT2D eigenvalue weighted by Gasteiger charge is -2.09. The average molecular weight is 230 g/mol. The quantitative estimate of drug-likeness (QED) is 0.817. The number of ether oxygens (including phenoxy) is 1. The second-order valence-corrected chi connectivity index (χ2v) is 3.51. The van der Waals surface area contributed by atoms with Gasteiger partial charge >= 0.3 is 5.97 Å². The first-order valence-corrected chi connectivity index (χ1v) is 4.73. The zero-order valence-electron chi connectivity index (χ0n) is 8.24. The fraction of sp³-hybridized carbons (Fsp3) is 0.300. The van der Waals surface area contributed by atoms with E-state index >= 15 is 0 Å². The molecule has 0 aliphatic carbocycles. The van der Waals surface area contributed by atoms with Crippen molar-refractivity contribution in [3.63, 3.8) is 0 Å². The molecule has 0 spiro atoms. The van der Waals surface area contributed by atoms with Crippen LogP contribution < -0.4 is 10.5 Å². The van der Waals surface area contributed by atoms with Gasteiger partial charge in [0.2, 0.25) is 0 Å². The van der Waals surface area contributed by atoms with E-state index in [0.717, 1.165) is 0 Å². The van der Waals surface area contributed by atoms with E-state index in [2.05, 4.69) is 0 Å². The number of hydrogen-bond acceptors (Lipinski definition) is 3. The molecule has 1 aromatic rings. The number of carboxylic acid groups (broad SMARTS) is 1. The lowest BCUT2D eigenvalue weighted by molar-refractivity contribution is -0.138. The molecule has 1 atom stereocenters. The Morgan fingerprint density at radius 2 is 2.33 bits per heavy atom. The Bertz CT molecular complexity index is 368. The lowest BCUT2D eigenvalue weighted by atomic mass is 10.1. The van der Waals surface area contributed by atoms with E-state index in [1.54, 1.807) is 18.2 Å². The molecule has 0 aromatic heterocycles. The number of carboxylic acids is 1. The molecule has 0 aliphatic heterocycles. The van der Waals surface area contributed by atoms with Crippen LogP contribution >= 0.6 is 11.6 Å². The first kappa shape index (κ1) is 11.8. The van der Waals surface area contributed by atoms with E-state index in [4.69, 9.17) is 27.2 Å². The van der Waals surface area contributed by atoms with Gasteiger partial charge in [-0.3, -0.25) is 4.79 Å². The number of benzene rings is 1. The Kier molecular flexibility index (Phi) is 3.94. The molecule has 1 rings (SSSR count). The zero-order chi connectivity index (χ0) is 11.4. The van der Waals surface area contributed by atoms with Crippen LogP contribution in [0, 0.1) is 0 Å². The monoisotopic (exact) mass is 229 g/mol. The summed E-state index contributed by atoms with van der Waals surface area (Å²) in [4.78, 5) is 10.6. The number of methoxy groups -OCH3 is 1. The highest BCUT2D eigenvalue weighted by molar-refractivity contribution is 6.31. The van der Waals surface area contributed by atoms with Crippen molar-refractivity contribution in [1.82, 2.24) is 0 Å². The molecule has 4 nitrogen and oxygen atoms in total. The number of halogens is 1. The highest BCUT2D eigenvalue weighted by atomic mass is 35.5. The largest absolute Gasteiger partial charge is 0.497 e. The van der Waals surface area contributed by atoms with Crippen LogP contribution in [0.3, 0.4) is 0 Å². The summed E-state index contributed by atoms with van der Waals surface area (Å²) in [5.74, 6) is -0.416. The van der Waals surface area contributed by atoms with Crippen LogP contribution in [-0.2, 0) is 11.2 Å². The Balaban J connectivity index is 2.88. The van der Waals surface area contributed by atoms with Crippen LogP contribution in [0.25, 0.3) is 0 Å². The maximum Gasteiger partial charge on any atom is 0.320 e. The average Bonchev–Trinajstić information content (AvgIpc) is 2.21. The molecule has 3 N–H and O–H groups in total. The van der Waals surface area contributed by atoms with E-state index in [1.165, 1.54) is 7.11 Å². The van der Waals surface area contributed by atoms with Crippen LogP contribution in [0.4, 0.5) is 0 Å². The van der Waals surface area contributed by atoms with Crippen LogP contribution in [0.1, 0.15) is 5.56 Å². The Labute approximate surface area is 92.6 Å². The van der Waals surface area contributed by atoms with Gasteiger partial charge in [0.15, 0.2) is 0 Å². The molecule has 82 valence electrons.